The van der Waals surface area contributed by atoms with Gasteiger partial charge in [0.25, 0.3) is 0 Å². The van der Waals surface area contributed by atoms with Crippen LogP contribution >= 0.6 is 11.3 Å². The Kier molecular flexibility index (Phi) is 6.21. The third-order valence-electron chi connectivity index (χ3n) is 5.33. The van der Waals surface area contributed by atoms with Crippen LogP contribution in [0.3, 0.4) is 0 Å². The molecule has 1 fully saturated rings. The summed E-state index contributed by atoms with van der Waals surface area (Å²) < 4.78 is 1.19. The van der Waals surface area contributed by atoms with Gasteiger partial charge in [-0.15, -0.1) is 11.3 Å². The van der Waals surface area contributed by atoms with Crippen molar-refractivity contribution in [2.45, 2.75) is 39.3 Å². The summed E-state index contributed by atoms with van der Waals surface area (Å²) in [5.74, 6) is 0.835. The van der Waals surface area contributed by atoms with Gasteiger partial charge in [0.1, 0.15) is 0 Å². The third kappa shape index (κ3) is 5.00. The summed E-state index contributed by atoms with van der Waals surface area (Å²) in [6.45, 7) is 8.07. The number of hydrogen-bond acceptors (Lipinski definition) is 5. The molecule has 1 amide bonds. The van der Waals surface area contributed by atoms with Crippen molar-refractivity contribution in [3.05, 3.63) is 59.4 Å². The first-order valence-electron chi connectivity index (χ1n) is 10.3. The van der Waals surface area contributed by atoms with E-state index in [0.29, 0.717) is 18.4 Å². The number of amides is 1. The lowest BCUT2D eigenvalue weighted by atomic mass is 10.0. The van der Waals surface area contributed by atoms with Crippen molar-refractivity contribution in [1.29, 1.82) is 0 Å². The van der Waals surface area contributed by atoms with Crippen molar-refractivity contribution in [2.75, 3.05) is 19.6 Å². The number of aryl methyl sites for hydroxylation is 1. The molecule has 1 aliphatic rings. The zero-order chi connectivity index (χ0) is 20.2. The highest BCUT2D eigenvalue weighted by atomic mass is 32.1. The molecule has 2 aromatic heterocycles. The minimum atomic E-state index is 0.242. The van der Waals surface area contributed by atoms with Gasteiger partial charge in [-0.1, -0.05) is 32.0 Å². The molecule has 1 saturated heterocycles. The monoisotopic (exact) mass is 408 g/mol. The van der Waals surface area contributed by atoms with Crippen molar-refractivity contribution in [1.82, 2.24) is 19.8 Å². The molecular formula is C23H28N4OS. The first-order valence-corrected chi connectivity index (χ1v) is 11.2. The molecule has 0 saturated carbocycles. The van der Waals surface area contributed by atoms with E-state index in [9.17, 15) is 4.79 Å². The molecule has 0 atom stereocenters. The van der Waals surface area contributed by atoms with Crippen LogP contribution in [0.2, 0.25) is 0 Å². The standard InChI is InChI=1S/C23H28N4OS/c1-17(2)13-26(14-18-6-5-11-24-12-18)19-15-27(16-19)23(28)10-9-22-25-20-7-3-4-8-21(20)29-22/h3-8,11-12,17,19H,9-10,13-16H2,1-2H3. The molecule has 0 spiro atoms. The van der Waals surface area contributed by atoms with Gasteiger partial charge in [0.15, 0.2) is 0 Å². The molecule has 4 rings (SSSR count). The zero-order valence-corrected chi connectivity index (χ0v) is 17.9. The van der Waals surface area contributed by atoms with Crippen LogP contribution in [0.25, 0.3) is 10.2 Å². The van der Waals surface area contributed by atoms with E-state index in [1.54, 1.807) is 11.3 Å². The number of nitrogens with zero attached hydrogens (tertiary/aromatic N) is 4. The van der Waals surface area contributed by atoms with Crippen LogP contribution in [0.5, 0.6) is 0 Å². The van der Waals surface area contributed by atoms with Crippen molar-refractivity contribution in [3.63, 3.8) is 0 Å². The predicted molar refractivity (Wildman–Crippen MR) is 118 cm³/mol. The Balaban J connectivity index is 1.29. The van der Waals surface area contributed by atoms with E-state index in [1.165, 1.54) is 10.3 Å². The van der Waals surface area contributed by atoms with Crippen molar-refractivity contribution in [2.24, 2.45) is 5.92 Å². The number of pyridine rings is 1. The summed E-state index contributed by atoms with van der Waals surface area (Å²) in [5, 5.41) is 1.05. The topological polar surface area (TPSA) is 49.3 Å². The largest absolute Gasteiger partial charge is 0.339 e. The zero-order valence-electron chi connectivity index (χ0n) is 17.1. The van der Waals surface area contributed by atoms with Gasteiger partial charge in [-0.05, 0) is 29.7 Å². The van der Waals surface area contributed by atoms with E-state index in [1.807, 2.05) is 41.6 Å². The molecule has 3 heterocycles. The summed E-state index contributed by atoms with van der Waals surface area (Å²) in [5.41, 5.74) is 2.26. The quantitative estimate of drug-likeness (QED) is 0.565. The predicted octanol–water partition coefficient (Wildman–Crippen LogP) is 3.99. The normalized spacial score (nSPS) is 14.7. The minimum Gasteiger partial charge on any atom is -0.339 e. The number of carbonyl (C=O) groups excluding carboxylic acids is 1. The maximum absolute atomic E-state index is 12.6. The van der Waals surface area contributed by atoms with E-state index in [2.05, 4.69) is 40.8 Å². The lowest BCUT2D eigenvalue weighted by molar-refractivity contribution is -0.139. The lowest BCUT2D eigenvalue weighted by Gasteiger charge is -2.46. The van der Waals surface area contributed by atoms with Crippen LogP contribution in [0, 0.1) is 5.92 Å². The summed E-state index contributed by atoms with van der Waals surface area (Å²) in [7, 11) is 0. The Bertz CT molecular complexity index is 917. The number of benzene rings is 1. The first-order chi connectivity index (χ1) is 14.1. The second-order valence-corrected chi connectivity index (χ2v) is 9.33. The van der Waals surface area contributed by atoms with E-state index in [4.69, 9.17) is 0 Å². The number of likely N-dealkylation sites (tertiary alicyclic amines) is 1. The van der Waals surface area contributed by atoms with Crippen LogP contribution in [-0.2, 0) is 17.8 Å². The fourth-order valence-corrected chi connectivity index (χ4v) is 4.79. The van der Waals surface area contributed by atoms with Crippen LogP contribution in [0.1, 0.15) is 30.8 Å². The third-order valence-corrected chi connectivity index (χ3v) is 6.43. The van der Waals surface area contributed by atoms with Crippen molar-refractivity contribution in [3.8, 4) is 0 Å². The molecule has 29 heavy (non-hydrogen) atoms. The Morgan fingerprint density at radius 3 is 2.79 bits per heavy atom. The van der Waals surface area contributed by atoms with Crippen LogP contribution in [0.15, 0.2) is 48.8 Å². The maximum atomic E-state index is 12.6. The summed E-state index contributed by atoms with van der Waals surface area (Å²) in [6, 6.07) is 12.7. The molecule has 152 valence electrons. The van der Waals surface area contributed by atoms with Gasteiger partial charge in [0, 0.05) is 57.5 Å². The Hall–Kier alpha value is -2.31. The summed E-state index contributed by atoms with van der Waals surface area (Å²) in [4.78, 5) is 26.0. The van der Waals surface area contributed by atoms with E-state index < -0.39 is 0 Å². The molecule has 0 bridgehead atoms. The number of para-hydroxylation sites is 1. The molecule has 6 heteroatoms. The Morgan fingerprint density at radius 2 is 2.07 bits per heavy atom. The average molecular weight is 409 g/mol. The molecule has 0 unspecified atom stereocenters. The highest BCUT2D eigenvalue weighted by Gasteiger charge is 2.34. The van der Waals surface area contributed by atoms with Gasteiger partial charge in [-0.25, -0.2) is 4.98 Å². The van der Waals surface area contributed by atoms with E-state index >= 15 is 0 Å². The molecule has 5 nitrogen and oxygen atoms in total. The van der Waals surface area contributed by atoms with Crippen LogP contribution in [0.4, 0.5) is 0 Å². The Labute approximate surface area is 176 Å². The van der Waals surface area contributed by atoms with Gasteiger partial charge in [-0.2, -0.15) is 0 Å². The van der Waals surface area contributed by atoms with Gasteiger partial charge < -0.3 is 4.90 Å². The SMILES string of the molecule is CC(C)CN(Cc1cccnc1)C1CN(C(=O)CCc2nc3ccccc3s2)C1. The molecule has 0 aliphatic carbocycles. The number of aromatic nitrogens is 2. The molecule has 1 aromatic carbocycles. The first kappa shape index (κ1) is 20.0. The number of rotatable bonds is 8. The van der Waals surface area contributed by atoms with Gasteiger partial charge >= 0.3 is 0 Å². The maximum Gasteiger partial charge on any atom is 0.223 e. The molecule has 3 aromatic rings. The second-order valence-electron chi connectivity index (χ2n) is 8.21. The van der Waals surface area contributed by atoms with Crippen molar-refractivity contribution < 1.29 is 4.79 Å². The second kappa shape index (κ2) is 9.01. The number of carbonyl (C=O) groups is 1. The smallest absolute Gasteiger partial charge is 0.223 e. The molecule has 0 N–H and O–H groups in total. The number of hydrogen-bond donors (Lipinski definition) is 0. The van der Waals surface area contributed by atoms with Gasteiger partial charge in [-0.3, -0.25) is 14.7 Å². The Morgan fingerprint density at radius 1 is 1.24 bits per heavy atom. The minimum absolute atomic E-state index is 0.242. The molecule has 0 radical (unpaired) electrons. The van der Waals surface area contributed by atoms with Crippen LogP contribution in [-0.4, -0.2) is 51.4 Å². The van der Waals surface area contributed by atoms with Crippen LogP contribution < -0.4 is 0 Å². The van der Waals surface area contributed by atoms with E-state index in [-0.39, 0.29) is 5.91 Å². The van der Waals surface area contributed by atoms with Crippen molar-refractivity contribution >= 4 is 27.5 Å². The van der Waals surface area contributed by atoms with Gasteiger partial charge in [0.2, 0.25) is 5.91 Å². The van der Waals surface area contributed by atoms with Gasteiger partial charge in [0.05, 0.1) is 15.2 Å². The molecule has 1 aliphatic heterocycles. The fourth-order valence-electron chi connectivity index (χ4n) is 3.83. The number of fused-ring (bicyclic) bond motifs is 1. The van der Waals surface area contributed by atoms with E-state index in [0.717, 1.165) is 43.1 Å². The number of thiazole rings is 1. The highest BCUT2D eigenvalue weighted by molar-refractivity contribution is 7.18. The summed E-state index contributed by atoms with van der Waals surface area (Å²) in [6.07, 6.45) is 5.02. The molecular weight excluding hydrogens is 380 g/mol. The fraction of sp³-hybridized carbons (Fsp3) is 0.435. The summed E-state index contributed by atoms with van der Waals surface area (Å²) >= 11 is 1.69. The lowest BCUT2D eigenvalue weighted by Crippen LogP contribution is -2.61. The highest BCUT2D eigenvalue weighted by Crippen LogP contribution is 2.24. The average Bonchev–Trinajstić information content (AvgIpc) is 3.08.